The summed E-state index contributed by atoms with van der Waals surface area (Å²) in [5, 5.41) is 0. The highest BCUT2D eigenvalue weighted by Gasteiger charge is 2.05. The zero-order chi connectivity index (χ0) is 12.0. The first kappa shape index (κ1) is 12.9. The van der Waals surface area contributed by atoms with Crippen molar-refractivity contribution >= 4 is 5.82 Å². The molecule has 0 fully saturated rings. The third-order valence-electron chi connectivity index (χ3n) is 2.53. The van der Waals surface area contributed by atoms with E-state index < -0.39 is 0 Å². The van der Waals surface area contributed by atoms with Gasteiger partial charge in [-0.15, -0.1) is 0 Å². The fourth-order valence-electron chi connectivity index (χ4n) is 1.50. The first-order valence-electron chi connectivity index (χ1n) is 5.91. The maximum atomic E-state index is 5.74. The molecule has 0 spiro atoms. The SMILES string of the molecule is CCCc1cc(N(C)CCC(C)N)ncn1. The van der Waals surface area contributed by atoms with Crippen molar-refractivity contribution in [2.45, 2.75) is 39.2 Å². The number of anilines is 1. The van der Waals surface area contributed by atoms with Crippen LogP contribution >= 0.6 is 0 Å². The molecule has 16 heavy (non-hydrogen) atoms. The zero-order valence-corrected chi connectivity index (χ0v) is 10.5. The summed E-state index contributed by atoms with van der Waals surface area (Å²) in [7, 11) is 2.04. The van der Waals surface area contributed by atoms with E-state index in [1.807, 2.05) is 14.0 Å². The Morgan fingerprint density at radius 2 is 2.19 bits per heavy atom. The van der Waals surface area contributed by atoms with Gasteiger partial charge in [-0.1, -0.05) is 13.3 Å². The van der Waals surface area contributed by atoms with Crippen molar-refractivity contribution in [3.63, 3.8) is 0 Å². The van der Waals surface area contributed by atoms with Crippen molar-refractivity contribution in [2.75, 3.05) is 18.5 Å². The molecule has 0 saturated heterocycles. The third kappa shape index (κ3) is 4.14. The molecule has 0 bridgehead atoms. The maximum absolute atomic E-state index is 5.74. The fourth-order valence-corrected chi connectivity index (χ4v) is 1.50. The van der Waals surface area contributed by atoms with Gasteiger partial charge in [-0.25, -0.2) is 9.97 Å². The van der Waals surface area contributed by atoms with Crippen LogP contribution in [0.2, 0.25) is 0 Å². The summed E-state index contributed by atoms with van der Waals surface area (Å²) in [5.41, 5.74) is 6.85. The molecule has 4 nitrogen and oxygen atoms in total. The highest BCUT2D eigenvalue weighted by atomic mass is 15.2. The molecule has 1 atom stereocenters. The Balaban J connectivity index is 2.60. The largest absolute Gasteiger partial charge is 0.360 e. The Morgan fingerprint density at radius 3 is 2.81 bits per heavy atom. The summed E-state index contributed by atoms with van der Waals surface area (Å²) < 4.78 is 0. The maximum Gasteiger partial charge on any atom is 0.131 e. The minimum absolute atomic E-state index is 0.236. The molecule has 0 aliphatic carbocycles. The number of aryl methyl sites for hydroxylation is 1. The van der Waals surface area contributed by atoms with E-state index in [-0.39, 0.29) is 6.04 Å². The molecule has 0 radical (unpaired) electrons. The molecule has 0 amide bonds. The normalized spacial score (nSPS) is 12.5. The number of nitrogens with two attached hydrogens (primary N) is 1. The highest BCUT2D eigenvalue weighted by Crippen LogP contribution is 2.10. The van der Waals surface area contributed by atoms with Gasteiger partial charge in [-0.05, 0) is 19.8 Å². The van der Waals surface area contributed by atoms with Crippen LogP contribution in [0.15, 0.2) is 12.4 Å². The molecule has 1 aromatic rings. The van der Waals surface area contributed by atoms with Gasteiger partial charge in [0.1, 0.15) is 12.1 Å². The number of hydrogen-bond acceptors (Lipinski definition) is 4. The van der Waals surface area contributed by atoms with Gasteiger partial charge in [-0.3, -0.25) is 0 Å². The average Bonchev–Trinajstić information content (AvgIpc) is 2.26. The van der Waals surface area contributed by atoms with Crippen molar-refractivity contribution in [3.8, 4) is 0 Å². The van der Waals surface area contributed by atoms with Crippen LogP contribution in [0.4, 0.5) is 5.82 Å². The highest BCUT2D eigenvalue weighted by molar-refractivity contribution is 5.37. The van der Waals surface area contributed by atoms with E-state index in [0.717, 1.165) is 37.3 Å². The van der Waals surface area contributed by atoms with Gasteiger partial charge >= 0.3 is 0 Å². The van der Waals surface area contributed by atoms with E-state index in [9.17, 15) is 0 Å². The molecule has 1 rings (SSSR count). The van der Waals surface area contributed by atoms with E-state index in [1.54, 1.807) is 6.33 Å². The van der Waals surface area contributed by atoms with E-state index in [2.05, 4.69) is 27.9 Å². The van der Waals surface area contributed by atoms with Crippen molar-refractivity contribution in [1.82, 2.24) is 9.97 Å². The number of hydrogen-bond donors (Lipinski definition) is 1. The second-order valence-electron chi connectivity index (χ2n) is 4.31. The molecule has 0 aliphatic rings. The Bertz CT molecular complexity index is 312. The van der Waals surface area contributed by atoms with Gasteiger partial charge in [0.2, 0.25) is 0 Å². The molecule has 0 saturated carbocycles. The van der Waals surface area contributed by atoms with E-state index in [1.165, 1.54) is 0 Å². The molecule has 2 N–H and O–H groups in total. The summed E-state index contributed by atoms with van der Waals surface area (Å²) in [5.74, 6) is 0.985. The van der Waals surface area contributed by atoms with Gasteiger partial charge in [-0.2, -0.15) is 0 Å². The van der Waals surface area contributed by atoms with E-state index in [0.29, 0.717) is 0 Å². The van der Waals surface area contributed by atoms with Gasteiger partial charge in [0.25, 0.3) is 0 Å². The van der Waals surface area contributed by atoms with Gasteiger partial charge < -0.3 is 10.6 Å². The molecule has 4 heteroatoms. The van der Waals surface area contributed by atoms with Crippen molar-refractivity contribution in [3.05, 3.63) is 18.1 Å². The Morgan fingerprint density at radius 1 is 1.44 bits per heavy atom. The molecule has 90 valence electrons. The van der Waals surface area contributed by atoms with Crippen molar-refractivity contribution < 1.29 is 0 Å². The van der Waals surface area contributed by atoms with Gasteiger partial charge in [0.05, 0.1) is 0 Å². The molecular weight excluding hydrogens is 200 g/mol. The second kappa shape index (κ2) is 6.43. The smallest absolute Gasteiger partial charge is 0.131 e. The first-order chi connectivity index (χ1) is 7.63. The van der Waals surface area contributed by atoms with Crippen LogP contribution in [0, 0.1) is 0 Å². The molecule has 1 aromatic heterocycles. The molecule has 1 heterocycles. The Labute approximate surface area is 97.9 Å². The van der Waals surface area contributed by atoms with Crippen LogP contribution in [0.25, 0.3) is 0 Å². The predicted octanol–water partition coefficient (Wildman–Crippen LogP) is 1.60. The minimum atomic E-state index is 0.236. The monoisotopic (exact) mass is 222 g/mol. The third-order valence-corrected chi connectivity index (χ3v) is 2.53. The van der Waals surface area contributed by atoms with E-state index >= 15 is 0 Å². The second-order valence-corrected chi connectivity index (χ2v) is 4.31. The number of rotatable bonds is 6. The standard InChI is InChI=1S/C12H22N4/c1-4-5-11-8-12(15-9-14-11)16(3)7-6-10(2)13/h8-10H,4-7,13H2,1-3H3. The predicted molar refractivity (Wildman–Crippen MR) is 67.6 cm³/mol. The lowest BCUT2D eigenvalue weighted by molar-refractivity contribution is 0.655. The van der Waals surface area contributed by atoms with Gasteiger partial charge in [0.15, 0.2) is 0 Å². The van der Waals surface area contributed by atoms with Crippen LogP contribution in [-0.2, 0) is 6.42 Å². The lowest BCUT2D eigenvalue weighted by atomic mass is 10.2. The summed E-state index contributed by atoms with van der Waals surface area (Å²) in [6, 6.07) is 2.30. The van der Waals surface area contributed by atoms with Crippen LogP contribution in [0.5, 0.6) is 0 Å². The summed E-state index contributed by atoms with van der Waals surface area (Å²) >= 11 is 0. The molecular formula is C12H22N4. The molecule has 0 aromatic carbocycles. The average molecular weight is 222 g/mol. The van der Waals surface area contributed by atoms with Gasteiger partial charge in [0, 0.05) is 31.4 Å². The van der Waals surface area contributed by atoms with Crippen LogP contribution in [0.1, 0.15) is 32.4 Å². The summed E-state index contributed by atoms with van der Waals surface area (Å²) in [6.45, 7) is 5.11. The topological polar surface area (TPSA) is 55.0 Å². The Hall–Kier alpha value is -1.16. The summed E-state index contributed by atoms with van der Waals surface area (Å²) in [6.07, 6.45) is 4.74. The lowest BCUT2D eigenvalue weighted by Crippen LogP contribution is -2.26. The lowest BCUT2D eigenvalue weighted by Gasteiger charge is -2.19. The quantitative estimate of drug-likeness (QED) is 0.794. The molecule has 1 unspecified atom stereocenters. The Kier molecular flexibility index (Phi) is 5.19. The summed E-state index contributed by atoms with van der Waals surface area (Å²) in [4.78, 5) is 10.6. The first-order valence-corrected chi connectivity index (χ1v) is 5.91. The van der Waals surface area contributed by atoms with Crippen LogP contribution in [-0.4, -0.2) is 29.6 Å². The minimum Gasteiger partial charge on any atom is -0.360 e. The van der Waals surface area contributed by atoms with Crippen molar-refractivity contribution in [1.29, 1.82) is 0 Å². The van der Waals surface area contributed by atoms with Crippen LogP contribution in [0.3, 0.4) is 0 Å². The van der Waals surface area contributed by atoms with Crippen LogP contribution < -0.4 is 10.6 Å². The number of aromatic nitrogens is 2. The zero-order valence-electron chi connectivity index (χ0n) is 10.5. The van der Waals surface area contributed by atoms with Crippen molar-refractivity contribution in [2.24, 2.45) is 5.73 Å². The number of nitrogens with zero attached hydrogens (tertiary/aromatic N) is 3. The fraction of sp³-hybridized carbons (Fsp3) is 0.667. The van der Waals surface area contributed by atoms with E-state index in [4.69, 9.17) is 5.73 Å². The molecule has 0 aliphatic heterocycles.